The van der Waals surface area contributed by atoms with Gasteiger partial charge in [0.15, 0.2) is 0 Å². The van der Waals surface area contributed by atoms with Crippen LogP contribution in [0.2, 0.25) is 0 Å². The van der Waals surface area contributed by atoms with E-state index in [4.69, 9.17) is 5.11 Å². The molecule has 0 amide bonds. The lowest BCUT2D eigenvalue weighted by molar-refractivity contribution is -0.385. The van der Waals surface area contributed by atoms with E-state index in [1.165, 1.54) is 30.3 Å². The number of nitro groups is 1. The smallest absolute Gasteiger partial charge is 0.345 e. The van der Waals surface area contributed by atoms with Crippen molar-refractivity contribution in [3.05, 3.63) is 51.4 Å². The summed E-state index contributed by atoms with van der Waals surface area (Å²) >= 11 is 0.749. The van der Waals surface area contributed by atoms with Crippen molar-refractivity contribution in [3.8, 4) is 0 Å². The summed E-state index contributed by atoms with van der Waals surface area (Å²) in [5, 5.41) is 19.5. The zero-order valence-electron chi connectivity index (χ0n) is 10.2. The lowest BCUT2D eigenvalue weighted by Crippen LogP contribution is -2.12. The first-order chi connectivity index (χ1) is 9.79. The fourth-order valence-corrected chi connectivity index (χ4v) is 3.54. The molecule has 21 heavy (non-hydrogen) atoms. The highest BCUT2D eigenvalue weighted by atomic mass is 32.2. The fourth-order valence-electron chi connectivity index (χ4n) is 1.46. The number of nitrogens with zero attached hydrogens (tertiary/aromatic N) is 1. The largest absolute Gasteiger partial charge is 0.477 e. The third-order valence-corrected chi connectivity index (χ3v) is 4.87. The van der Waals surface area contributed by atoms with E-state index in [1.807, 2.05) is 0 Å². The lowest BCUT2D eigenvalue weighted by Gasteiger charge is -2.05. The fraction of sp³-hybridized carbons (Fsp3) is 0. The molecule has 0 aliphatic rings. The van der Waals surface area contributed by atoms with E-state index in [0.29, 0.717) is 0 Å². The number of aromatic carboxylic acids is 1. The molecule has 1 aromatic heterocycles. The van der Waals surface area contributed by atoms with Crippen LogP contribution in [-0.2, 0) is 10.0 Å². The summed E-state index contributed by atoms with van der Waals surface area (Å²) in [5.74, 6) is -1.17. The average Bonchev–Trinajstić information content (AvgIpc) is 2.87. The van der Waals surface area contributed by atoms with Crippen molar-refractivity contribution in [1.29, 1.82) is 0 Å². The number of non-ortho nitro benzene ring substituents is 1. The number of thiophene rings is 1. The number of sulfonamides is 1. The second kappa shape index (κ2) is 5.50. The maximum Gasteiger partial charge on any atom is 0.345 e. The van der Waals surface area contributed by atoms with Gasteiger partial charge in [0.2, 0.25) is 0 Å². The zero-order chi connectivity index (χ0) is 15.6. The summed E-state index contributed by atoms with van der Waals surface area (Å²) in [6.45, 7) is 0. The van der Waals surface area contributed by atoms with E-state index in [0.717, 1.165) is 17.4 Å². The molecular formula is C11H8N2O6S2. The van der Waals surface area contributed by atoms with Crippen LogP contribution in [-0.4, -0.2) is 24.4 Å². The Morgan fingerprint density at radius 1 is 1.29 bits per heavy atom. The number of hydrogen-bond acceptors (Lipinski definition) is 6. The number of carboxylic acid groups (broad SMARTS) is 1. The molecule has 8 nitrogen and oxygen atoms in total. The zero-order valence-corrected chi connectivity index (χ0v) is 11.8. The van der Waals surface area contributed by atoms with Gasteiger partial charge in [-0.2, -0.15) is 0 Å². The molecule has 2 rings (SSSR count). The van der Waals surface area contributed by atoms with Crippen LogP contribution in [0.4, 0.5) is 10.7 Å². The van der Waals surface area contributed by atoms with Crippen LogP contribution in [0.1, 0.15) is 9.67 Å². The monoisotopic (exact) mass is 328 g/mol. The number of hydrogen-bond donors (Lipinski definition) is 2. The van der Waals surface area contributed by atoms with Gasteiger partial charge in [-0.1, -0.05) is 6.07 Å². The van der Waals surface area contributed by atoms with Crippen molar-refractivity contribution >= 4 is 38.0 Å². The molecule has 0 atom stereocenters. The van der Waals surface area contributed by atoms with Crippen LogP contribution in [0, 0.1) is 10.1 Å². The van der Waals surface area contributed by atoms with Crippen molar-refractivity contribution in [2.24, 2.45) is 0 Å². The van der Waals surface area contributed by atoms with Gasteiger partial charge in [-0.05, 0) is 18.2 Å². The van der Waals surface area contributed by atoms with E-state index in [9.17, 15) is 23.3 Å². The van der Waals surface area contributed by atoms with Gasteiger partial charge < -0.3 is 5.11 Å². The molecule has 0 bridgehead atoms. The quantitative estimate of drug-likeness (QED) is 0.639. The van der Waals surface area contributed by atoms with Gasteiger partial charge in [0, 0.05) is 12.1 Å². The van der Waals surface area contributed by atoms with Crippen LogP contribution < -0.4 is 4.72 Å². The van der Waals surface area contributed by atoms with Crippen molar-refractivity contribution in [3.63, 3.8) is 0 Å². The minimum atomic E-state index is -4.02. The second-order valence-electron chi connectivity index (χ2n) is 3.83. The van der Waals surface area contributed by atoms with E-state index in [2.05, 4.69) is 4.72 Å². The van der Waals surface area contributed by atoms with Gasteiger partial charge in [-0.3, -0.25) is 14.8 Å². The summed E-state index contributed by atoms with van der Waals surface area (Å²) in [6, 6.07) is 7.13. The van der Waals surface area contributed by atoms with Gasteiger partial charge in [0.1, 0.15) is 9.88 Å². The standard InChI is InChI=1S/C11H8N2O6S2/c14-11(15)9-4-5-10(20-9)12-21(18,19)8-3-1-2-7(6-8)13(16)17/h1-6,12H,(H,14,15). The number of carboxylic acids is 1. The maximum atomic E-state index is 12.1. The van der Waals surface area contributed by atoms with Crippen molar-refractivity contribution in [1.82, 2.24) is 0 Å². The van der Waals surface area contributed by atoms with Crippen LogP contribution >= 0.6 is 11.3 Å². The van der Waals surface area contributed by atoms with Gasteiger partial charge in [-0.25, -0.2) is 13.2 Å². The molecule has 2 N–H and O–H groups in total. The SMILES string of the molecule is O=C(O)c1ccc(NS(=O)(=O)c2cccc([N+](=O)[O-])c2)s1. The molecule has 1 heterocycles. The molecule has 0 aliphatic carbocycles. The van der Waals surface area contributed by atoms with Gasteiger partial charge >= 0.3 is 5.97 Å². The number of rotatable bonds is 5. The van der Waals surface area contributed by atoms with E-state index >= 15 is 0 Å². The Morgan fingerprint density at radius 2 is 2.00 bits per heavy atom. The summed E-state index contributed by atoms with van der Waals surface area (Å²) in [7, 11) is -4.02. The summed E-state index contributed by atoms with van der Waals surface area (Å²) < 4.78 is 26.3. The third-order valence-electron chi connectivity index (χ3n) is 2.39. The van der Waals surface area contributed by atoms with Crippen molar-refractivity contribution in [2.45, 2.75) is 4.90 Å². The molecule has 0 saturated carbocycles. The van der Waals surface area contributed by atoms with E-state index in [1.54, 1.807) is 0 Å². The van der Waals surface area contributed by atoms with Crippen LogP contribution in [0.25, 0.3) is 0 Å². The molecule has 10 heteroatoms. The van der Waals surface area contributed by atoms with E-state index < -0.39 is 20.9 Å². The lowest BCUT2D eigenvalue weighted by atomic mass is 10.3. The highest BCUT2D eigenvalue weighted by Gasteiger charge is 2.19. The first-order valence-electron chi connectivity index (χ1n) is 5.40. The Labute approximate surface area is 122 Å². The summed E-state index contributed by atoms with van der Waals surface area (Å²) in [4.78, 5) is 20.4. The van der Waals surface area contributed by atoms with Crippen LogP contribution in [0.15, 0.2) is 41.3 Å². The average molecular weight is 328 g/mol. The molecule has 0 spiro atoms. The summed E-state index contributed by atoms with van der Waals surface area (Å²) in [6.07, 6.45) is 0. The molecule has 0 radical (unpaired) electrons. The Balaban J connectivity index is 2.31. The molecule has 0 aliphatic heterocycles. The molecule has 0 fully saturated rings. The van der Waals surface area contributed by atoms with Gasteiger partial charge in [0.25, 0.3) is 15.7 Å². The minimum absolute atomic E-state index is 0.0215. The minimum Gasteiger partial charge on any atom is -0.477 e. The molecule has 0 saturated heterocycles. The maximum absolute atomic E-state index is 12.1. The Morgan fingerprint density at radius 3 is 2.57 bits per heavy atom. The number of nitro benzene ring substituents is 1. The number of anilines is 1. The number of nitrogens with one attached hydrogen (secondary N) is 1. The molecular weight excluding hydrogens is 320 g/mol. The molecule has 2 aromatic rings. The van der Waals surface area contributed by atoms with Gasteiger partial charge in [0.05, 0.1) is 9.82 Å². The van der Waals surface area contributed by atoms with Crippen molar-refractivity contribution < 1.29 is 23.2 Å². The third kappa shape index (κ3) is 3.35. The predicted molar refractivity (Wildman–Crippen MR) is 75.2 cm³/mol. The first-order valence-corrected chi connectivity index (χ1v) is 7.70. The highest BCUT2D eigenvalue weighted by Crippen LogP contribution is 2.26. The van der Waals surface area contributed by atoms with Crippen molar-refractivity contribution in [2.75, 3.05) is 4.72 Å². The topological polar surface area (TPSA) is 127 Å². The second-order valence-corrected chi connectivity index (χ2v) is 6.60. The number of benzene rings is 1. The predicted octanol–water partition coefficient (Wildman–Crippen LogP) is 2.16. The first kappa shape index (κ1) is 14.9. The molecule has 110 valence electrons. The Hall–Kier alpha value is -2.46. The molecule has 0 unspecified atom stereocenters. The Kier molecular flexibility index (Phi) is 3.91. The van der Waals surface area contributed by atoms with Crippen LogP contribution in [0.5, 0.6) is 0 Å². The van der Waals surface area contributed by atoms with E-state index in [-0.39, 0.29) is 20.5 Å². The highest BCUT2D eigenvalue weighted by molar-refractivity contribution is 7.93. The Bertz CT molecular complexity index is 812. The molecule has 1 aromatic carbocycles. The normalized spacial score (nSPS) is 11.0. The summed E-state index contributed by atoms with van der Waals surface area (Å²) in [5.41, 5.74) is -0.352. The van der Waals surface area contributed by atoms with Crippen LogP contribution in [0.3, 0.4) is 0 Å². The number of carbonyl (C=O) groups is 1. The van der Waals surface area contributed by atoms with Gasteiger partial charge in [-0.15, -0.1) is 11.3 Å².